The number of carbonyl (C=O) groups is 2. The monoisotopic (exact) mass is 348 g/mol. The number of rotatable bonds is 6. The van der Waals surface area contributed by atoms with E-state index in [1.807, 2.05) is 23.6 Å². The molecule has 1 amide bonds. The Hall–Kier alpha value is -2.25. The lowest BCUT2D eigenvalue weighted by molar-refractivity contribution is -0.111. The number of nitrogens with one attached hydrogen (secondary N) is 1. The van der Waals surface area contributed by atoms with Crippen LogP contribution in [0, 0.1) is 0 Å². The Labute approximate surface area is 141 Å². The quantitative estimate of drug-likeness (QED) is 0.549. The van der Waals surface area contributed by atoms with Gasteiger partial charge in [0.25, 0.3) is 5.91 Å². The van der Waals surface area contributed by atoms with Crippen molar-refractivity contribution in [2.24, 2.45) is 0 Å². The largest absolute Gasteiger partial charge is 0.352 e. The number of nitrogens with zero attached hydrogens (tertiary/aromatic N) is 3. The highest BCUT2D eigenvalue weighted by Crippen LogP contribution is 2.25. The van der Waals surface area contributed by atoms with E-state index in [-0.39, 0.29) is 12.3 Å². The van der Waals surface area contributed by atoms with Gasteiger partial charge in [0.05, 0.1) is 16.8 Å². The second-order valence-electron chi connectivity index (χ2n) is 4.82. The Morgan fingerprint density at radius 2 is 2.22 bits per heavy atom. The van der Waals surface area contributed by atoms with Crippen molar-refractivity contribution in [3.63, 3.8) is 0 Å². The van der Waals surface area contributed by atoms with Gasteiger partial charge in [-0.1, -0.05) is 6.07 Å². The number of halogens is 1. The number of thiophene rings is 1. The van der Waals surface area contributed by atoms with Gasteiger partial charge in [-0.15, -0.1) is 11.3 Å². The van der Waals surface area contributed by atoms with E-state index in [1.165, 1.54) is 6.20 Å². The molecule has 8 heteroatoms. The van der Waals surface area contributed by atoms with Crippen molar-refractivity contribution in [1.82, 2.24) is 19.9 Å². The first kappa shape index (κ1) is 15.6. The van der Waals surface area contributed by atoms with E-state index in [0.717, 1.165) is 10.6 Å². The molecule has 0 aliphatic rings. The maximum Gasteiger partial charge on any atom is 0.256 e. The fraction of sp³-hybridized carbons (Fsp3) is 0.200. The third-order valence-electron chi connectivity index (χ3n) is 3.26. The van der Waals surface area contributed by atoms with Gasteiger partial charge >= 0.3 is 0 Å². The van der Waals surface area contributed by atoms with E-state index >= 15 is 0 Å². The van der Waals surface area contributed by atoms with Crippen LogP contribution in [0.3, 0.4) is 0 Å². The van der Waals surface area contributed by atoms with Crippen molar-refractivity contribution in [2.75, 3.05) is 6.54 Å². The van der Waals surface area contributed by atoms with Crippen molar-refractivity contribution in [3.05, 3.63) is 41.5 Å². The van der Waals surface area contributed by atoms with E-state index < -0.39 is 5.24 Å². The van der Waals surface area contributed by atoms with Gasteiger partial charge in [0, 0.05) is 19.2 Å². The van der Waals surface area contributed by atoms with Gasteiger partial charge in [0.15, 0.2) is 5.65 Å². The van der Waals surface area contributed by atoms with E-state index in [9.17, 15) is 9.59 Å². The number of hydrogen-bond donors (Lipinski definition) is 1. The molecule has 118 valence electrons. The van der Waals surface area contributed by atoms with E-state index in [0.29, 0.717) is 24.2 Å². The standard InChI is InChI=1S/C15H13ClN4O2S/c16-13(21)4-1-6-18-15(22)10-9-19-20-11(5-7-17-14(10)20)12-3-2-8-23-12/h2-3,5,7-9H,1,4,6H2,(H,18,22). The third-order valence-corrected chi connectivity index (χ3v) is 4.34. The molecule has 3 rings (SSSR count). The van der Waals surface area contributed by atoms with Crippen LogP contribution in [0.5, 0.6) is 0 Å². The maximum absolute atomic E-state index is 12.2. The molecule has 3 aromatic heterocycles. The molecule has 6 nitrogen and oxygen atoms in total. The molecule has 3 heterocycles. The Kier molecular flexibility index (Phi) is 4.68. The lowest BCUT2D eigenvalue weighted by Crippen LogP contribution is -2.24. The van der Waals surface area contributed by atoms with Gasteiger partial charge in [0.2, 0.25) is 5.24 Å². The first-order valence-electron chi connectivity index (χ1n) is 7.00. The van der Waals surface area contributed by atoms with Crippen LogP contribution in [0.15, 0.2) is 36.0 Å². The molecule has 3 aromatic rings. The normalized spacial score (nSPS) is 10.8. The SMILES string of the molecule is O=C(Cl)CCCNC(=O)c1cnn2c(-c3cccs3)ccnc12. The molecule has 0 unspecified atom stereocenters. The summed E-state index contributed by atoms with van der Waals surface area (Å²) in [7, 11) is 0. The lowest BCUT2D eigenvalue weighted by atomic mass is 10.2. The molecule has 0 atom stereocenters. The Balaban J connectivity index is 1.81. The predicted octanol–water partition coefficient (Wildman–Crippen LogP) is 2.73. The van der Waals surface area contributed by atoms with Crippen LogP contribution in [0.25, 0.3) is 16.2 Å². The summed E-state index contributed by atoms with van der Waals surface area (Å²) in [5.74, 6) is -0.266. The van der Waals surface area contributed by atoms with Crippen LogP contribution in [0.1, 0.15) is 23.2 Å². The Bertz CT molecular complexity index is 844. The Morgan fingerprint density at radius 1 is 1.35 bits per heavy atom. The van der Waals surface area contributed by atoms with Crippen molar-refractivity contribution >= 4 is 39.7 Å². The maximum atomic E-state index is 12.2. The molecule has 0 bridgehead atoms. The third kappa shape index (κ3) is 3.40. The minimum Gasteiger partial charge on any atom is -0.352 e. The second-order valence-corrected chi connectivity index (χ2v) is 6.18. The minimum atomic E-state index is -0.405. The van der Waals surface area contributed by atoms with Crippen molar-refractivity contribution in [3.8, 4) is 10.6 Å². The molecule has 0 aromatic carbocycles. The van der Waals surface area contributed by atoms with Gasteiger partial charge < -0.3 is 5.32 Å². The summed E-state index contributed by atoms with van der Waals surface area (Å²) in [6.07, 6.45) is 3.90. The smallest absolute Gasteiger partial charge is 0.256 e. The van der Waals surface area contributed by atoms with Crippen molar-refractivity contribution in [1.29, 1.82) is 0 Å². The molecular weight excluding hydrogens is 336 g/mol. The molecule has 0 aliphatic heterocycles. The van der Waals surface area contributed by atoms with Gasteiger partial charge in [-0.3, -0.25) is 9.59 Å². The van der Waals surface area contributed by atoms with Crippen LogP contribution in [-0.2, 0) is 4.79 Å². The minimum absolute atomic E-state index is 0.234. The zero-order valence-corrected chi connectivity index (χ0v) is 13.6. The lowest BCUT2D eigenvalue weighted by Gasteiger charge is -2.04. The average Bonchev–Trinajstić information content (AvgIpc) is 3.19. The van der Waals surface area contributed by atoms with Crippen molar-refractivity contribution < 1.29 is 9.59 Å². The summed E-state index contributed by atoms with van der Waals surface area (Å²) in [6.45, 7) is 0.374. The van der Waals surface area contributed by atoms with Crippen LogP contribution in [0.4, 0.5) is 0 Å². The van der Waals surface area contributed by atoms with Crippen molar-refractivity contribution in [2.45, 2.75) is 12.8 Å². The number of fused-ring (bicyclic) bond motifs is 1. The Morgan fingerprint density at radius 3 is 2.96 bits per heavy atom. The summed E-state index contributed by atoms with van der Waals surface area (Å²) in [5, 5.41) is 8.60. The first-order valence-corrected chi connectivity index (χ1v) is 8.26. The molecule has 0 fully saturated rings. The number of carbonyl (C=O) groups excluding carboxylic acids is 2. The van der Waals surface area contributed by atoms with E-state index in [4.69, 9.17) is 11.6 Å². The highest BCUT2D eigenvalue weighted by Gasteiger charge is 2.16. The van der Waals surface area contributed by atoms with Crippen LogP contribution in [0.2, 0.25) is 0 Å². The van der Waals surface area contributed by atoms with Crippen LogP contribution < -0.4 is 5.32 Å². The second kappa shape index (κ2) is 6.89. The molecular formula is C15H13ClN4O2S. The number of amides is 1. The zero-order chi connectivity index (χ0) is 16.2. The van der Waals surface area contributed by atoms with E-state index in [2.05, 4.69) is 15.4 Å². The first-order chi connectivity index (χ1) is 11.2. The molecule has 1 N–H and O–H groups in total. The van der Waals surface area contributed by atoms with Crippen LogP contribution >= 0.6 is 22.9 Å². The number of aromatic nitrogens is 3. The fourth-order valence-corrected chi connectivity index (χ4v) is 3.06. The zero-order valence-electron chi connectivity index (χ0n) is 12.0. The predicted molar refractivity (Wildman–Crippen MR) is 88.7 cm³/mol. The average molecular weight is 349 g/mol. The van der Waals surface area contributed by atoms with Crippen LogP contribution in [-0.4, -0.2) is 32.3 Å². The molecule has 0 saturated carbocycles. The van der Waals surface area contributed by atoms with Gasteiger partial charge in [-0.05, 0) is 35.5 Å². The summed E-state index contributed by atoms with van der Waals surface area (Å²) in [5.41, 5.74) is 1.79. The molecule has 0 radical (unpaired) electrons. The fourth-order valence-electron chi connectivity index (χ4n) is 2.19. The highest BCUT2D eigenvalue weighted by molar-refractivity contribution is 7.13. The van der Waals surface area contributed by atoms with Gasteiger partial charge in [0.1, 0.15) is 5.56 Å². The molecule has 0 spiro atoms. The molecule has 23 heavy (non-hydrogen) atoms. The molecule has 0 saturated heterocycles. The number of hydrogen-bond acceptors (Lipinski definition) is 5. The topological polar surface area (TPSA) is 76.4 Å². The summed E-state index contributed by atoms with van der Waals surface area (Å²) < 4.78 is 1.66. The molecule has 0 aliphatic carbocycles. The summed E-state index contributed by atoms with van der Waals surface area (Å²) in [4.78, 5) is 28.2. The highest BCUT2D eigenvalue weighted by atomic mass is 35.5. The van der Waals surface area contributed by atoms with Gasteiger partial charge in [-0.25, -0.2) is 9.50 Å². The van der Waals surface area contributed by atoms with Gasteiger partial charge in [-0.2, -0.15) is 5.10 Å². The summed E-state index contributed by atoms with van der Waals surface area (Å²) in [6, 6.07) is 5.81. The summed E-state index contributed by atoms with van der Waals surface area (Å²) >= 11 is 6.86. The van der Waals surface area contributed by atoms with E-state index in [1.54, 1.807) is 22.0 Å².